The van der Waals surface area contributed by atoms with Crippen molar-refractivity contribution in [3.63, 3.8) is 0 Å². The molecule has 12 N–H and O–H groups in total. The van der Waals surface area contributed by atoms with E-state index in [1.54, 1.807) is 0 Å². The molecule has 23 heavy (non-hydrogen) atoms. The molecule has 0 bridgehead atoms. The van der Waals surface area contributed by atoms with E-state index in [0.717, 1.165) is 5.92 Å². The average molecular weight is 419 g/mol. The Morgan fingerprint density at radius 2 is 1.13 bits per heavy atom. The summed E-state index contributed by atoms with van der Waals surface area (Å²) in [5.74, 6) is 0.904. The molecule has 8 nitrogen and oxygen atoms in total. The molecule has 0 unspecified atom stereocenters. The first-order valence-electron chi connectivity index (χ1n) is 5.47. The molecule has 0 aliphatic carbocycles. The largest absolute Gasteiger partial charge is 1.00 e. The van der Waals surface area contributed by atoms with Crippen LogP contribution in [0.3, 0.4) is 0 Å². The molecule has 0 aliphatic heterocycles. The Morgan fingerprint density at radius 3 is 1.35 bits per heavy atom. The minimum Gasteiger partial charge on any atom is -1.00 e. The van der Waals surface area contributed by atoms with E-state index in [-0.39, 0.29) is 120 Å². The summed E-state index contributed by atoms with van der Waals surface area (Å²) in [5.41, 5.74) is 0. The maximum Gasteiger partial charge on any atom is 1.00 e. The maximum atomic E-state index is 9.11. The molecule has 0 fully saturated rings. The van der Waals surface area contributed by atoms with E-state index >= 15 is 0 Å². The first-order chi connectivity index (χ1) is 6.77. The molecule has 0 saturated carbocycles. The van der Waals surface area contributed by atoms with Crippen LogP contribution in [0.25, 0.3) is 0 Å². The Balaban J connectivity index is -0.00000000890. The molecule has 140 valence electrons. The Kier molecular flexibility index (Phi) is 123. The van der Waals surface area contributed by atoms with Gasteiger partial charge in [-0.25, -0.2) is 0 Å². The molecule has 0 aromatic heterocycles. The van der Waals surface area contributed by atoms with Crippen molar-refractivity contribution in [2.45, 2.75) is 59.3 Å². The molecule has 0 spiro atoms. The van der Waals surface area contributed by atoms with Gasteiger partial charge in [-0.2, -0.15) is 4.21 Å². The molecule has 0 amide bonds. The molecule has 13 heteroatoms. The van der Waals surface area contributed by atoms with Crippen molar-refractivity contribution in [3.05, 3.63) is 0 Å². The fraction of sp³-hybridized carbons (Fsp3) is 1.00. The molecule has 0 aliphatic rings. The minimum absolute atomic E-state index is 0. The normalized spacial score (nSPS) is 7.22. The minimum atomic E-state index is -3.83. The van der Waals surface area contributed by atoms with Crippen LogP contribution in [0.2, 0.25) is 0 Å². The van der Waals surface area contributed by atoms with Crippen LogP contribution in [-0.4, -0.2) is 40.7 Å². The second-order valence-corrected chi connectivity index (χ2v) is 6.24. The molecule has 0 aromatic carbocycles. The average Bonchev–Trinajstić information content (AvgIpc) is 2.00. The Morgan fingerprint density at radius 1 is 0.870 bits per heavy atom. The quantitative estimate of drug-likeness (QED) is 0.317. The van der Waals surface area contributed by atoms with Crippen molar-refractivity contribution >= 4 is 20.2 Å². The smallest absolute Gasteiger partial charge is 1.00 e. The number of hydrogen-bond acceptors (Lipinski definition) is 2. The third-order valence-corrected chi connectivity index (χ3v) is 1.89. The van der Waals surface area contributed by atoms with Crippen LogP contribution < -0.4 is 88.7 Å². The van der Waals surface area contributed by atoms with Gasteiger partial charge in [0.1, 0.15) is 0 Å². The van der Waals surface area contributed by atoms with Gasteiger partial charge in [-0.1, -0.05) is 59.3 Å². The summed E-state index contributed by atoms with van der Waals surface area (Å²) in [6.07, 6.45) is 8.55. The van der Waals surface area contributed by atoms with Gasteiger partial charge in [0.2, 0.25) is 0 Å². The summed E-state index contributed by atoms with van der Waals surface area (Å²) in [7, 11) is -3.83. The first kappa shape index (κ1) is 63.4. The zero-order chi connectivity index (χ0) is 12.3. The molecular formula is C10H37Na3O8S2. The molecule has 0 radical (unpaired) electrons. The summed E-state index contributed by atoms with van der Waals surface area (Å²) in [5, 5.41) is 0. The summed E-state index contributed by atoms with van der Waals surface area (Å²) in [6, 6.07) is 0. The zero-order valence-corrected chi connectivity index (χ0v) is 23.1. The third-order valence-electron chi connectivity index (χ3n) is 1.89. The topological polar surface area (TPSA) is 215 Å². The van der Waals surface area contributed by atoms with Gasteiger partial charge in [0.25, 0.3) is 9.05 Å². The summed E-state index contributed by atoms with van der Waals surface area (Å²) >= 11 is 3.47. The van der Waals surface area contributed by atoms with Gasteiger partial charge in [-0.3, -0.25) is 9.11 Å². The third kappa shape index (κ3) is 131. The second-order valence-electron chi connectivity index (χ2n) is 4.04. The van der Waals surface area contributed by atoms with Crippen molar-refractivity contribution in [2.24, 2.45) is 5.92 Å². The van der Waals surface area contributed by atoms with Crippen LogP contribution in [0, 0.1) is 5.92 Å². The van der Waals surface area contributed by atoms with E-state index < -0.39 is 9.05 Å². The van der Waals surface area contributed by atoms with Crippen molar-refractivity contribution in [1.29, 1.82) is 0 Å². The Hall–Kier alpha value is 3.09. The first-order valence-corrected chi connectivity index (χ1v) is 7.87. The van der Waals surface area contributed by atoms with Gasteiger partial charge in [0.15, 0.2) is 0 Å². The molecular weight excluding hydrogens is 381 g/mol. The van der Waals surface area contributed by atoms with Crippen LogP contribution in [0.15, 0.2) is 0 Å². The van der Waals surface area contributed by atoms with Gasteiger partial charge in [0, 0.05) is 11.2 Å². The summed E-state index contributed by atoms with van der Waals surface area (Å²) in [6.45, 7) is 6.88. The van der Waals surface area contributed by atoms with Gasteiger partial charge in [-0.05, 0) is 5.92 Å². The SMILES string of the molecule is CCCCCCCC(C)C.O.O.O.O.O.O=S(O)(O)=S.[H-].[H-].[H-].[Na+].[Na+].[Na+]. The number of rotatable bonds is 6. The van der Waals surface area contributed by atoms with Crippen LogP contribution in [0.4, 0.5) is 0 Å². The monoisotopic (exact) mass is 418 g/mol. The molecule has 0 atom stereocenters. The van der Waals surface area contributed by atoms with Crippen LogP contribution in [0.5, 0.6) is 0 Å². The fourth-order valence-corrected chi connectivity index (χ4v) is 1.16. The van der Waals surface area contributed by atoms with E-state index in [9.17, 15) is 0 Å². The number of unbranched alkanes of at least 4 members (excludes halogenated alkanes) is 4. The van der Waals surface area contributed by atoms with E-state index in [4.69, 9.17) is 13.3 Å². The van der Waals surface area contributed by atoms with Gasteiger partial charge < -0.3 is 31.7 Å². The van der Waals surface area contributed by atoms with Crippen molar-refractivity contribution < 1.29 is 134 Å². The second kappa shape index (κ2) is 44.5. The van der Waals surface area contributed by atoms with Gasteiger partial charge >= 0.3 is 88.7 Å². The van der Waals surface area contributed by atoms with E-state index in [1.165, 1.54) is 38.5 Å². The Labute approximate surface area is 216 Å². The standard InChI is InChI=1S/C10H22.3Na.H2O3S2.5H2O.3H/c1-4-5-6-7-8-9-10(2)3;;;;1-5(2,3)4;;;;;;;;/h10H,4-9H2,1-3H3;;;;(H2,1,2,3,4);5*1H2;;;/q;3*+1;;;;;;;3*-1. The van der Waals surface area contributed by atoms with Crippen LogP contribution >= 0.6 is 0 Å². The van der Waals surface area contributed by atoms with Crippen molar-refractivity contribution in [1.82, 2.24) is 0 Å². The fourth-order valence-electron chi connectivity index (χ4n) is 1.16. The maximum absolute atomic E-state index is 9.11. The van der Waals surface area contributed by atoms with Crippen LogP contribution in [-0.2, 0) is 20.2 Å². The molecule has 0 saturated heterocycles. The van der Waals surface area contributed by atoms with Crippen LogP contribution in [0.1, 0.15) is 63.6 Å². The molecule has 0 rings (SSSR count). The van der Waals surface area contributed by atoms with E-state index in [0.29, 0.717) is 0 Å². The predicted molar refractivity (Wildman–Crippen MR) is 90.4 cm³/mol. The summed E-state index contributed by atoms with van der Waals surface area (Å²) < 4.78 is 24.0. The Bertz CT molecular complexity index is 238. The van der Waals surface area contributed by atoms with Crippen molar-refractivity contribution in [2.75, 3.05) is 0 Å². The van der Waals surface area contributed by atoms with Gasteiger partial charge in [0.05, 0.1) is 0 Å². The molecule has 0 aromatic rings. The van der Waals surface area contributed by atoms with Gasteiger partial charge in [-0.15, -0.1) is 0 Å². The van der Waals surface area contributed by atoms with E-state index in [2.05, 4.69) is 32.0 Å². The summed E-state index contributed by atoms with van der Waals surface area (Å²) in [4.78, 5) is 0. The number of hydrogen-bond donors (Lipinski definition) is 2. The molecule has 0 heterocycles. The van der Waals surface area contributed by atoms with Crippen molar-refractivity contribution in [3.8, 4) is 0 Å². The predicted octanol–water partition coefficient (Wildman–Crippen LogP) is -9.09. The zero-order valence-electron chi connectivity index (χ0n) is 18.4. The van der Waals surface area contributed by atoms with E-state index in [1.807, 2.05) is 0 Å².